The highest BCUT2D eigenvalue weighted by Gasteiger charge is 2.35. The molecule has 2 aliphatic heterocycles. The van der Waals surface area contributed by atoms with Gasteiger partial charge in [0.2, 0.25) is 0 Å². The van der Waals surface area contributed by atoms with Gasteiger partial charge in [-0.25, -0.2) is 0 Å². The molecule has 1 atom stereocenters. The molecule has 0 aromatic heterocycles. The predicted octanol–water partition coefficient (Wildman–Crippen LogP) is 0.710. The maximum Gasteiger partial charge on any atom is 0.111 e. The van der Waals surface area contributed by atoms with Gasteiger partial charge in [0.25, 0.3) is 0 Å². The van der Waals surface area contributed by atoms with Crippen LogP contribution in [0.3, 0.4) is 0 Å². The van der Waals surface area contributed by atoms with Crippen molar-refractivity contribution < 1.29 is 4.74 Å². The van der Waals surface area contributed by atoms with Gasteiger partial charge < -0.3 is 10.1 Å². The molecule has 0 bridgehead atoms. The number of hydrogen-bond acceptors (Lipinski definition) is 3. The summed E-state index contributed by atoms with van der Waals surface area (Å²) in [6, 6.07) is 0. The van der Waals surface area contributed by atoms with Crippen molar-refractivity contribution in [1.29, 1.82) is 0 Å². The van der Waals surface area contributed by atoms with Gasteiger partial charge in [-0.2, -0.15) is 0 Å². The van der Waals surface area contributed by atoms with Crippen molar-refractivity contribution in [3.63, 3.8) is 0 Å². The highest BCUT2D eigenvalue weighted by Crippen LogP contribution is 2.24. The molecule has 2 N–H and O–H groups in total. The lowest BCUT2D eigenvalue weighted by Crippen LogP contribution is -2.44. The minimum atomic E-state index is 0.176. The van der Waals surface area contributed by atoms with E-state index in [0.717, 1.165) is 19.7 Å². The van der Waals surface area contributed by atoms with E-state index in [4.69, 9.17) is 4.74 Å². The molecule has 2 heterocycles. The fraction of sp³-hybridized carbons (Fsp3) is 1.00. The summed E-state index contributed by atoms with van der Waals surface area (Å²) in [4.78, 5) is 0. The van der Waals surface area contributed by atoms with Crippen LogP contribution in [0.25, 0.3) is 0 Å². The summed E-state index contributed by atoms with van der Waals surface area (Å²) < 4.78 is 5.77. The summed E-state index contributed by atoms with van der Waals surface area (Å²) in [5, 5.41) is 6.93. The van der Waals surface area contributed by atoms with Crippen molar-refractivity contribution in [1.82, 2.24) is 10.6 Å². The molecule has 1 unspecified atom stereocenters. The van der Waals surface area contributed by atoms with E-state index in [1.807, 2.05) is 0 Å². The Hall–Kier alpha value is -0.120. The van der Waals surface area contributed by atoms with E-state index in [9.17, 15) is 0 Å². The van der Waals surface area contributed by atoms with E-state index in [-0.39, 0.29) is 5.54 Å². The molecule has 0 radical (unpaired) electrons. The van der Waals surface area contributed by atoms with Crippen LogP contribution < -0.4 is 10.6 Å². The van der Waals surface area contributed by atoms with Crippen LogP contribution >= 0.6 is 0 Å². The predicted molar refractivity (Wildman–Crippen MR) is 52.5 cm³/mol. The lowest BCUT2D eigenvalue weighted by molar-refractivity contribution is 0.0390. The number of hydrogen-bond donors (Lipinski definition) is 2. The van der Waals surface area contributed by atoms with E-state index in [1.54, 1.807) is 0 Å². The van der Waals surface area contributed by atoms with Crippen LogP contribution in [0.1, 0.15) is 26.7 Å². The first-order valence-corrected chi connectivity index (χ1v) is 5.27. The molecule has 2 aliphatic rings. The quantitative estimate of drug-likeness (QED) is 0.629. The lowest BCUT2D eigenvalue weighted by Gasteiger charge is -2.28. The van der Waals surface area contributed by atoms with Gasteiger partial charge in [-0.3, -0.25) is 5.32 Å². The first-order valence-electron chi connectivity index (χ1n) is 5.27. The van der Waals surface area contributed by atoms with Crippen molar-refractivity contribution in [2.24, 2.45) is 5.92 Å². The zero-order valence-electron chi connectivity index (χ0n) is 8.60. The second-order valence-electron chi connectivity index (χ2n) is 4.85. The maximum absolute atomic E-state index is 5.77. The molecule has 2 fully saturated rings. The summed E-state index contributed by atoms with van der Waals surface area (Å²) in [5.74, 6) is 0.711. The first-order chi connectivity index (χ1) is 6.17. The van der Waals surface area contributed by atoms with Gasteiger partial charge in [-0.15, -0.1) is 0 Å². The summed E-state index contributed by atoms with van der Waals surface area (Å²) in [6.07, 6.45) is 2.79. The zero-order chi connectivity index (χ0) is 9.31. The van der Waals surface area contributed by atoms with Crippen LogP contribution in [0.2, 0.25) is 0 Å². The molecule has 2 saturated heterocycles. The number of rotatable bonds is 1. The minimum absolute atomic E-state index is 0.176. The molecular weight excluding hydrogens is 164 g/mol. The van der Waals surface area contributed by atoms with Gasteiger partial charge in [-0.05, 0) is 39.8 Å². The third-order valence-electron chi connectivity index (χ3n) is 2.97. The lowest BCUT2D eigenvalue weighted by atomic mass is 9.96. The minimum Gasteiger partial charge on any atom is -0.361 e. The summed E-state index contributed by atoms with van der Waals surface area (Å²) in [7, 11) is 0. The van der Waals surface area contributed by atoms with Gasteiger partial charge in [0.1, 0.15) is 6.23 Å². The Kier molecular flexibility index (Phi) is 2.58. The largest absolute Gasteiger partial charge is 0.361 e. The van der Waals surface area contributed by atoms with Crippen LogP contribution in [-0.2, 0) is 4.74 Å². The highest BCUT2D eigenvalue weighted by atomic mass is 16.5. The SMILES string of the molecule is CC1(C)COC(C2CCNCC2)N1. The average Bonchev–Trinajstić information content (AvgIpc) is 2.48. The smallest absolute Gasteiger partial charge is 0.111 e. The standard InChI is InChI=1S/C10H20N2O/c1-10(2)7-13-9(12-10)8-3-5-11-6-4-8/h8-9,11-12H,3-7H2,1-2H3. The normalized spacial score (nSPS) is 35.1. The zero-order valence-corrected chi connectivity index (χ0v) is 8.60. The molecule has 76 valence electrons. The van der Waals surface area contributed by atoms with Crippen LogP contribution in [-0.4, -0.2) is 31.5 Å². The van der Waals surface area contributed by atoms with Gasteiger partial charge in [0.15, 0.2) is 0 Å². The molecule has 2 rings (SSSR count). The van der Waals surface area contributed by atoms with Crippen molar-refractivity contribution in [2.45, 2.75) is 38.5 Å². The third kappa shape index (κ3) is 2.22. The van der Waals surface area contributed by atoms with E-state index in [1.165, 1.54) is 12.8 Å². The topological polar surface area (TPSA) is 33.3 Å². The second kappa shape index (κ2) is 3.56. The molecular formula is C10H20N2O. The molecule has 0 amide bonds. The van der Waals surface area contributed by atoms with Crippen LogP contribution in [0.4, 0.5) is 0 Å². The van der Waals surface area contributed by atoms with Gasteiger partial charge in [0, 0.05) is 11.5 Å². The van der Waals surface area contributed by atoms with E-state index in [2.05, 4.69) is 24.5 Å². The number of nitrogens with one attached hydrogen (secondary N) is 2. The fourth-order valence-electron chi connectivity index (χ4n) is 2.17. The molecule has 0 aromatic rings. The Morgan fingerprint density at radius 1 is 1.23 bits per heavy atom. The van der Waals surface area contributed by atoms with Crippen molar-refractivity contribution in [2.75, 3.05) is 19.7 Å². The molecule has 0 aromatic carbocycles. The molecule has 13 heavy (non-hydrogen) atoms. The fourth-order valence-corrected chi connectivity index (χ4v) is 2.17. The average molecular weight is 184 g/mol. The third-order valence-corrected chi connectivity index (χ3v) is 2.97. The number of piperidine rings is 1. The van der Waals surface area contributed by atoms with Crippen LogP contribution in [0.15, 0.2) is 0 Å². The second-order valence-corrected chi connectivity index (χ2v) is 4.85. The maximum atomic E-state index is 5.77. The Balaban J connectivity index is 1.87. The molecule has 3 nitrogen and oxygen atoms in total. The van der Waals surface area contributed by atoms with Crippen molar-refractivity contribution in [3.8, 4) is 0 Å². The van der Waals surface area contributed by atoms with Crippen molar-refractivity contribution in [3.05, 3.63) is 0 Å². The van der Waals surface area contributed by atoms with Crippen molar-refractivity contribution >= 4 is 0 Å². The summed E-state index contributed by atoms with van der Waals surface area (Å²) >= 11 is 0. The summed E-state index contributed by atoms with van der Waals surface area (Å²) in [5.41, 5.74) is 0.176. The van der Waals surface area contributed by atoms with Gasteiger partial charge in [-0.1, -0.05) is 0 Å². The Morgan fingerprint density at radius 2 is 1.92 bits per heavy atom. The Morgan fingerprint density at radius 3 is 2.46 bits per heavy atom. The Labute approximate surface area is 80.2 Å². The Bertz CT molecular complexity index is 176. The number of ether oxygens (including phenoxy) is 1. The molecule has 0 spiro atoms. The first kappa shape index (κ1) is 9.44. The van der Waals surface area contributed by atoms with Crippen LogP contribution in [0, 0.1) is 5.92 Å². The van der Waals surface area contributed by atoms with E-state index >= 15 is 0 Å². The molecule has 3 heteroatoms. The summed E-state index contributed by atoms with van der Waals surface area (Å²) in [6.45, 7) is 7.54. The van der Waals surface area contributed by atoms with E-state index in [0.29, 0.717) is 12.1 Å². The van der Waals surface area contributed by atoms with Gasteiger partial charge >= 0.3 is 0 Å². The monoisotopic (exact) mass is 184 g/mol. The van der Waals surface area contributed by atoms with Crippen LogP contribution in [0.5, 0.6) is 0 Å². The molecule has 0 aliphatic carbocycles. The van der Waals surface area contributed by atoms with Gasteiger partial charge in [0.05, 0.1) is 6.61 Å². The highest BCUT2D eigenvalue weighted by molar-refractivity contribution is 4.88. The molecule has 0 saturated carbocycles. The van der Waals surface area contributed by atoms with E-state index < -0.39 is 0 Å².